The van der Waals surface area contributed by atoms with E-state index in [1.807, 2.05) is 0 Å². The SMILES string of the molecule is CC(=O)O.OC1CCC=CCCC=CCCC1. The molecule has 0 bridgehead atoms. The normalized spacial score (nSPS) is 21.6. The molecule has 0 spiro atoms. The highest BCUT2D eigenvalue weighted by Crippen LogP contribution is 2.09. The van der Waals surface area contributed by atoms with Gasteiger partial charge in [-0.15, -0.1) is 0 Å². The van der Waals surface area contributed by atoms with Crippen LogP contribution in [0.5, 0.6) is 0 Å². The van der Waals surface area contributed by atoms with Crippen LogP contribution in [0, 0.1) is 0 Å². The number of aliphatic hydroxyl groups is 1. The van der Waals surface area contributed by atoms with Crippen LogP contribution in [-0.4, -0.2) is 22.3 Å². The summed E-state index contributed by atoms with van der Waals surface area (Å²) in [6.45, 7) is 1.08. The van der Waals surface area contributed by atoms with Crippen LogP contribution in [0.25, 0.3) is 0 Å². The number of rotatable bonds is 0. The van der Waals surface area contributed by atoms with Crippen molar-refractivity contribution in [2.45, 2.75) is 58.0 Å². The third-order valence-corrected chi connectivity index (χ3v) is 2.41. The Bertz CT molecular complexity index is 240. The van der Waals surface area contributed by atoms with Crippen molar-refractivity contribution in [2.75, 3.05) is 0 Å². The number of aliphatic carboxylic acids is 1. The van der Waals surface area contributed by atoms with Crippen molar-refractivity contribution < 1.29 is 15.0 Å². The zero-order chi connectivity index (χ0) is 12.9. The van der Waals surface area contributed by atoms with Gasteiger partial charge < -0.3 is 10.2 Å². The second-order valence-electron chi connectivity index (χ2n) is 4.20. The number of carbonyl (C=O) groups is 1. The van der Waals surface area contributed by atoms with Crippen molar-refractivity contribution in [2.24, 2.45) is 0 Å². The summed E-state index contributed by atoms with van der Waals surface area (Å²) in [5.41, 5.74) is 0. The second-order valence-corrected chi connectivity index (χ2v) is 4.20. The zero-order valence-corrected chi connectivity index (χ0v) is 10.6. The summed E-state index contributed by atoms with van der Waals surface area (Å²) in [6, 6.07) is 0. The van der Waals surface area contributed by atoms with Crippen LogP contribution >= 0.6 is 0 Å². The van der Waals surface area contributed by atoms with Crippen LogP contribution in [0.3, 0.4) is 0 Å². The van der Waals surface area contributed by atoms with Crippen LogP contribution in [0.4, 0.5) is 0 Å². The molecule has 2 N–H and O–H groups in total. The molecule has 1 unspecified atom stereocenters. The first kappa shape index (κ1) is 15.9. The monoisotopic (exact) mass is 240 g/mol. The molecule has 0 aromatic heterocycles. The van der Waals surface area contributed by atoms with Crippen molar-refractivity contribution in [1.29, 1.82) is 0 Å². The Hall–Kier alpha value is -1.09. The van der Waals surface area contributed by atoms with E-state index in [1.165, 1.54) is 6.42 Å². The minimum Gasteiger partial charge on any atom is -0.481 e. The standard InChI is InChI=1S/C12H20O.C2H4O2/c13-12-10-8-6-4-2-1-3-5-7-9-11-12;1-2(3)4/h2,4-5,7,12-13H,1,3,6,8-11H2;1H3,(H,3,4). The first-order chi connectivity index (χ1) is 8.13. The van der Waals surface area contributed by atoms with E-state index in [9.17, 15) is 5.11 Å². The Balaban J connectivity index is 0.000000557. The number of allylic oxidation sites excluding steroid dienone is 4. The molecule has 0 fully saturated rings. The van der Waals surface area contributed by atoms with Crippen LogP contribution in [0.1, 0.15) is 51.9 Å². The lowest BCUT2D eigenvalue weighted by atomic mass is 10.1. The quantitative estimate of drug-likeness (QED) is 0.639. The Morgan fingerprint density at radius 2 is 1.47 bits per heavy atom. The van der Waals surface area contributed by atoms with Gasteiger partial charge in [0, 0.05) is 6.92 Å². The molecule has 1 atom stereocenters. The van der Waals surface area contributed by atoms with Crippen LogP contribution < -0.4 is 0 Å². The topological polar surface area (TPSA) is 57.5 Å². The molecule has 1 aliphatic carbocycles. The van der Waals surface area contributed by atoms with Gasteiger partial charge in [-0.1, -0.05) is 24.3 Å². The minimum absolute atomic E-state index is 0.0857. The van der Waals surface area contributed by atoms with Gasteiger partial charge in [0.25, 0.3) is 5.97 Å². The van der Waals surface area contributed by atoms with Crippen LogP contribution in [0.2, 0.25) is 0 Å². The molecule has 3 nitrogen and oxygen atoms in total. The molecule has 0 radical (unpaired) electrons. The molecular formula is C14H24O3. The molecule has 0 aliphatic heterocycles. The summed E-state index contributed by atoms with van der Waals surface area (Å²) < 4.78 is 0. The van der Waals surface area contributed by atoms with Crippen molar-refractivity contribution in [3.8, 4) is 0 Å². The number of hydrogen-bond donors (Lipinski definition) is 2. The number of hydrogen-bond acceptors (Lipinski definition) is 2. The second kappa shape index (κ2) is 11.4. The van der Waals surface area contributed by atoms with Gasteiger partial charge in [0.05, 0.1) is 6.10 Å². The van der Waals surface area contributed by atoms with Gasteiger partial charge in [0.15, 0.2) is 0 Å². The molecule has 0 amide bonds. The third kappa shape index (κ3) is 14.9. The maximum atomic E-state index is 9.54. The summed E-state index contributed by atoms with van der Waals surface area (Å²) in [5, 5.41) is 17.0. The summed E-state index contributed by atoms with van der Waals surface area (Å²) in [5.74, 6) is -0.833. The maximum absolute atomic E-state index is 9.54. The number of aliphatic hydroxyl groups excluding tert-OH is 1. The molecule has 1 aliphatic rings. The van der Waals surface area contributed by atoms with E-state index in [2.05, 4.69) is 24.3 Å². The molecule has 98 valence electrons. The van der Waals surface area contributed by atoms with E-state index < -0.39 is 5.97 Å². The highest BCUT2D eigenvalue weighted by Gasteiger charge is 2.01. The van der Waals surface area contributed by atoms with Crippen LogP contribution in [0.15, 0.2) is 24.3 Å². The fourth-order valence-corrected chi connectivity index (χ4v) is 1.57. The van der Waals surface area contributed by atoms with Gasteiger partial charge in [-0.05, 0) is 44.9 Å². The zero-order valence-electron chi connectivity index (χ0n) is 10.6. The Kier molecular flexibility index (Phi) is 10.7. The minimum atomic E-state index is -0.833. The first-order valence-corrected chi connectivity index (χ1v) is 6.30. The molecule has 17 heavy (non-hydrogen) atoms. The van der Waals surface area contributed by atoms with E-state index in [0.29, 0.717) is 0 Å². The van der Waals surface area contributed by atoms with Gasteiger partial charge >= 0.3 is 0 Å². The van der Waals surface area contributed by atoms with E-state index >= 15 is 0 Å². The predicted molar refractivity (Wildman–Crippen MR) is 69.9 cm³/mol. The molecular weight excluding hydrogens is 216 g/mol. The van der Waals surface area contributed by atoms with Gasteiger partial charge in [0.2, 0.25) is 0 Å². The maximum Gasteiger partial charge on any atom is 0.300 e. The van der Waals surface area contributed by atoms with Gasteiger partial charge in [0.1, 0.15) is 0 Å². The van der Waals surface area contributed by atoms with Crippen molar-refractivity contribution in [1.82, 2.24) is 0 Å². The smallest absolute Gasteiger partial charge is 0.300 e. The van der Waals surface area contributed by atoms with Crippen molar-refractivity contribution in [3.05, 3.63) is 24.3 Å². The van der Waals surface area contributed by atoms with Gasteiger partial charge in [-0.3, -0.25) is 4.79 Å². The lowest BCUT2D eigenvalue weighted by molar-refractivity contribution is -0.134. The molecule has 0 saturated heterocycles. The predicted octanol–water partition coefficient (Wildman–Crippen LogP) is 3.29. The molecule has 0 aromatic rings. The lowest BCUT2D eigenvalue weighted by Gasteiger charge is -2.07. The molecule has 3 heteroatoms. The molecule has 1 rings (SSSR count). The highest BCUT2D eigenvalue weighted by molar-refractivity contribution is 5.62. The van der Waals surface area contributed by atoms with Crippen LogP contribution in [-0.2, 0) is 4.79 Å². The highest BCUT2D eigenvalue weighted by atomic mass is 16.4. The van der Waals surface area contributed by atoms with E-state index in [4.69, 9.17) is 9.90 Å². The van der Waals surface area contributed by atoms with E-state index in [0.717, 1.165) is 45.4 Å². The number of carboxylic acid groups (broad SMARTS) is 1. The summed E-state index contributed by atoms with van der Waals surface area (Å²) in [4.78, 5) is 9.00. The fraction of sp³-hybridized carbons (Fsp3) is 0.643. The van der Waals surface area contributed by atoms with Gasteiger partial charge in [-0.2, -0.15) is 0 Å². The van der Waals surface area contributed by atoms with Crippen molar-refractivity contribution in [3.63, 3.8) is 0 Å². The van der Waals surface area contributed by atoms with Crippen molar-refractivity contribution >= 4 is 5.97 Å². The van der Waals surface area contributed by atoms with E-state index in [-0.39, 0.29) is 6.10 Å². The summed E-state index contributed by atoms with van der Waals surface area (Å²) >= 11 is 0. The summed E-state index contributed by atoms with van der Waals surface area (Å²) in [6.07, 6.45) is 16.3. The van der Waals surface area contributed by atoms with E-state index in [1.54, 1.807) is 0 Å². The fourth-order valence-electron chi connectivity index (χ4n) is 1.57. The Morgan fingerprint density at radius 1 is 1.00 bits per heavy atom. The summed E-state index contributed by atoms with van der Waals surface area (Å²) in [7, 11) is 0. The van der Waals surface area contributed by atoms with Gasteiger partial charge in [-0.25, -0.2) is 0 Å². The third-order valence-electron chi connectivity index (χ3n) is 2.41. The molecule has 0 aromatic carbocycles. The first-order valence-electron chi connectivity index (χ1n) is 6.30. The Morgan fingerprint density at radius 3 is 2.06 bits per heavy atom. The number of carboxylic acids is 1. The molecule has 0 saturated carbocycles. The lowest BCUT2D eigenvalue weighted by Crippen LogP contribution is -2.05. The largest absolute Gasteiger partial charge is 0.481 e. The average Bonchev–Trinajstić information content (AvgIpc) is 2.22. The average molecular weight is 240 g/mol. The Labute approximate surface area is 104 Å². The molecule has 0 heterocycles.